The number of carbonyl (C=O) groups is 1. The van der Waals surface area contributed by atoms with Gasteiger partial charge in [0.2, 0.25) is 5.91 Å². The molecule has 0 radical (unpaired) electrons. The molecule has 0 spiro atoms. The molecule has 1 aliphatic heterocycles. The maximum absolute atomic E-state index is 12.0. The number of aryl methyl sites for hydroxylation is 1. The van der Waals surface area contributed by atoms with E-state index in [9.17, 15) is 4.79 Å². The summed E-state index contributed by atoms with van der Waals surface area (Å²) in [5, 5.41) is 6.48. The highest BCUT2D eigenvalue weighted by Gasteiger charge is 2.15. The summed E-state index contributed by atoms with van der Waals surface area (Å²) in [5.41, 5.74) is 2.18. The molecule has 7 nitrogen and oxygen atoms in total. The molecule has 30 heavy (non-hydrogen) atoms. The van der Waals surface area contributed by atoms with Gasteiger partial charge in [0, 0.05) is 32.8 Å². The highest BCUT2D eigenvalue weighted by atomic mass is 16.5. The first-order valence-electron chi connectivity index (χ1n) is 11.0. The lowest BCUT2D eigenvalue weighted by Gasteiger charge is -2.24. The summed E-state index contributed by atoms with van der Waals surface area (Å²) in [6.45, 7) is 8.37. The van der Waals surface area contributed by atoms with Gasteiger partial charge in [0.05, 0.1) is 25.3 Å². The smallest absolute Gasteiger partial charge is 0.241 e. The van der Waals surface area contributed by atoms with Gasteiger partial charge in [-0.15, -0.1) is 0 Å². The molecule has 0 aromatic heterocycles. The second-order valence-corrected chi connectivity index (χ2v) is 8.12. The van der Waals surface area contributed by atoms with Crippen molar-refractivity contribution in [3.8, 4) is 5.75 Å². The average molecular weight is 419 g/mol. The number of aliphatic imine (C=N–C) groups is 1. The Morgan fingerprint density at radius 2 is 2.13 bits per heavy atom. The van der Waals surface area contributed by atoms with Crippen molar-refractivity contribution in [3.05, 3.63) is 29.3 Å². The molecular formula is C23H38N4O3. The van der Waals surface area contributed by atoms with Crippen LogP contribution < -0.4 is 15.4 Å². The minimum atomic E-state index is -0.00505. The fourth-order valence-corrected chi connectivity index (χ4v) is 3.04. The van der Waals surface area contributed by atoms with Gasteiger partial charge < -0.3 is 25.0 Å². The number of guanidine groups is 1. The van der Waals surface area contributed by atoms with Crippen LogP contribution in [0.2, 0.25) is 0 Å². The van der Waals surface area contributed by atoms with Crippen LogP contribution in [0.5, 0.6) is 5.75 Å². The number of rotatable bonds is 9. The first kappa shape index (κ1) is 24.0. The number of nitrogens with zero attached hydrogens (tertiary/aromatic N) is 2. The zero-order valence-corrected chi connectivity index (χ0v) is 19.2. The van der Waals surface area contributed by atoms with Gasteiger partial charge in [-0.3, -0.25) is 4.79 Å². The molecule has 2 rings (SSSR count). The summed E-state index contributed by atoms with van der Waals surface area (Å²) < 4.78 is 11.9. The molecule has 2 atom stereocenters. The zero-order chi connectivity index (χ0) is 21.9. The van der Waals surface area contributed by atoms with E-state index in [0.29, 0.717) is 19.0 Å². The second kappa shape index (κ2) is 12.4. The molecule has 0 saturated carbocycles. The van der Waals surface area contributed by atoms with Crippen molar-refractivity contribution in [1.29, 1.82) is 0 Å². The van der Waals surface area contributed by atoms with Gasteiger partial charge in [0.1, 0.15) is 5.75 Å². The van der Waals surface area contributed by atoms with Gasteiger partial charge in [-0.1, -0.05) is 19.1 Å². The Kier molecular flexibility index (Phi) is 9.94. The maximum atomic E-state index is 12.0. The molecule has 168 valence electrons. The number of likely N-dealkylation sites (N-methyl/N-ethyl adjacent to an activating group) is 1. The van der Waals surface area contributed by atoms with Crippen molar-refractivity contribution in [2.45, 2.75) is 65.2 Å². The summed E-state index contributed by atoms with van der Waals surface area (Å²) in [5.74, 6) is 1.47. The third-order valence-electron chi connectivity index (χ3n) is 5.21. The number of ether oxygens (including phenoxy) is 2. The van der Waals surface area contributed by atoms with Crippen LogP contribution >= 0.6 is 0 Å². The number of carbonyl (C=O) groups excluding carboxylic acids is 1. The second-order valence-electron chi connectivity index (χ2n) is 8.12. The van der Waals surface area contributed by atoms with Crippen molar-refractivity contribution >= 4 is 11.9 Å². The minimum Gasteiger partial charge on any atom is -0.490 e. The van der Waals surface area contributed by atoms with Crippen molar-refractivity contribution in [2.75, 3.05) is 33.8 Å². The van der Waals surface area contributed by atoms with E-state index < -0.39 is 0 Å². The van der Waals surface area contributed by atoms with E-state index in [-0.39, 0.29) is 24.7 Å². The van der Waals surface area contributed by atoms with Crippen LogP contribution in [0.15, 0.2) is 23.2 Å². The zero-order valence-electron chi connectivity index (χ0n) is 19.2. The molecule has 1 fully saturated rings. The summed E-state index contributed by atoms with van der Waals surface area (Å²) in [7, 11) is 3.49. The first-order chi connectivity index (χ1) is 14.4. The van der Waals surface area contributed by atoms with Crippen LogP contribution in [0.4, 0.5) is 0 Å². The highest BCUT2D eigenvalue weighted by molar-refractivity contribution is 5.86. The van der Waals surface area contributed by atoms with Gasteiger partial charge in [0.25, 0.3) is 0 Å². The van der Waals surface area contributed by atoms with E-state index in [2.05, 4.69) is 49.6 Å². The lowest BCUT2D eigenvalue weighted by atomic mass is 10.1. The van der Waals surface area contributed by atoms with Crippen molar-refractivity contribution < 1.29 is 14.3 Å². The third-order valence-corrected chi connectivity index (χ3v) is 5.21. The molecule has 1 aromatic rings. The van der Waals surface area contributed by atoms with Gasteiger partial charge >= 0.3 is 0 Å². The molecule has 1 heterocycles. The quantitative estimate of drug-likeness (QED) is 0.476. The molecule has 2 unspecified atom stereocenters. The lowest BCUT2D eigenvalue weighted by molar-refractivity contribution is -0.127. The molecule has 2 N–H and O–H groups in total. The normalized spacial score (nSPS) is 17.9. The van der Waals surface area contributed by atoms with Crippen LogP contribution in [-0.2, 0) is 16.1 Å². The molecule has 0 bridgehead atoms. The van der Waals surface area contributed by atoms with Gasteiger partial charge in [-0.05, 0) is 51.2 Å². The van der Waals surface area contributed by atoms with Crippen molar-refractivity contribution in [3.63, 3.8) is 0 Å². The first-order valence-corrected chi connectivity index (χ1v) is 11.0. The van der Waals surface area contributed by atoms with Gasteiger partial charge in [-0.25, -0.2) is 4.99 Å². The van der Waals surface area contributed by atoms with Crippen molar-refractivity contribution in [2.24, 2.45) is 4.99 Å². The van der Waals surface area contributed by atoms with Crippen LogP contribution in [0.3, 0.4) is 0 Å². The Labute approximate surface area is 181 Å². The van der Waals surface area contributed by atoms with Crippen LogP contribution in [0, 0.1) is 6.92 Å². The Morgan fingerprint density at radius 3 is 2.80 bits per heavy atom. The highest BCUT2D eigenvalue weighted by Crippen LogP contribution is 2.23. The molecule has 7 heteroatoms. The standard InChI is InChI=1S/C23H38N4O3/c1-6-18(3)30-21-13-17(2)10-11-19(21)14-24-23(26-16-22(28)27(4)5)25-15-20-9-7-8-12-29-20/h10-11,13,18,20H,6-9,12,14-16H2,1-5H3,(H2,24,25,26). The number of nitrogens with one attached hydrogen (secondary N) is 2. The van der Waals surface area contributed by atoms with Crippen LogP contribution in [0.25, 0.3) is 0 Å². The Balaban J connectivity index is 2.08. The summed E-state index contributed by atoms with van der Waals surface area (Å²) in [6.07, 6.45) is 4.62. The molecule has 0 aliphatic carbocycles. The predicted molar refractivity (Wildman–Crippen MR) is 121 cm³/mol. The maximum Gasteiger partial charge on any atom is 0.241 e. The van der Waals surface area contributed by atoms with E-state index in [0.717, 1.165) is 42.7 Å². The molecule has 1 amide bonds. The summed E-state index contributed by atoms with van der Waals surface area (Å²) in [6, 6.07) is 6.19. The number of amides is 1. The lowest BCUT2D eigenvalue weighted by Crippen LogP contribution is -2.45. The Hall–Kier alpha value is -2.28. The number of benzene rings is 1. The summed E-state index contributed by atoms with van der Waals surface area (Å²) in [4.78, 5) is 18.3. The summed E-state index contributed by atoms with van der Waals surface area (Å²) >= 11 is 0. The van der Waals surface area contributed by atoms with E-state index in [1.807, 2.05) is 0 Å². The van der Waals surface area contributed by atoms with Crippen LogP contribution in [0.1, 0.15) is 50.7 Å². The molecule has 1 saturated heterocycles. The molecule has 1 aliphatic rings. The third kappa shape index (κ3) is 8.22. The van der Waals surface area contributed by atoms with Crippen LogP contribution in [-0.4, -0.2) is 62.8 Å². The van der Waals surface area contributed by atoms with E-state index >= 15 is 0 Å². The van der Waals surface area contributed by atoms with Crippen molar-refractivity contribution in [1.82, 2.24) is 15.5 Å². The monoisotopic (exact) mass is 418 g/mol. The topological polar surface area (TPSA) is 75.2 Å². The number of hydrogen-bond donors (Lipinski definition) is 2. The van der Waals surface area contributed by atoms with E-state index in [1.54, 1.807) is 19.0 Å². The Morgan fingerprint density at radius 1 is 1.33 bits per heavy atom. The molecule has 1 aromatic carbocycles. The van der Waals surface area contributed by atoms with E-state index in [4.69, 9.17) is 14.5 Å². The Bertz CT molecular complexity index is 700. The fraction of sp³-hybridized carbons (Fsp3) is 0.652. The van der Waals surface area contributed by atoms with Gasteiger partial charge in [0.15, 0.2) is 5.96 Å². The minimum absolute atomic E-state index is 0.00505. The van der Waals surface area contributed by atoms with Gasteiger partial charge in [-0.2, -0.15) is 0 Å². The largest absolute Gasteiger partial charge is 0.490 e. The molecular weight excluding hydrogens is 380 g/mol. The average Bonchev–Trinajstić information content (AvgIpc) is 2.74. The predicted octanol–water partition coefficient (Wildman–Crippen LogP) is 2.86. The number of hydrogen-bond acceptors (Lipinski definition) is 4. The fourth-order valence-electron chi connectivity index (χ4n) is 3.04. The van der Waals surface area contributed by atoms with E-state index in [1.165, 1.54) is 6.42 Å². The SMILES string of the molecule is CCC(C)Oc1cc(C)ccc1CN=C(NCC(=O)N(C)C)NCC1CCCCO1.